The minimum Gasteiger partial charge on any atom is -0.465 e. The Morgan fingerprint density at radius 1 is 1.26 bits per heavy atom. The summed E-state index contributed by atoms with van der Waals surface area (Å²) >= 11 is 1.66. The fraction of sp³-hybridized carbons (Fsp3) is 0.174. The number of ether oxygens (including phenoxy) is 2. The van der Waals surface area contributed by atoms with E-state index in [9.17, 15) is 10.1 Å². The number of nitrogens with two attached hydrogens (primary N) is 1. The van der Waals surface area contributed by atoms with Gasteiger partial charge in [0.25, 0.3) is 0 Å². The van der Waals surface area contributed by atoms with E-state index in [0.717, 1.165) is 21.7 Å². The number of nitriles is 1. The topological polar surface area (TPSA) is 114 Å². The summed E-state index contributed by atoms with van der Waals surface area (Å²) in [4.78, 5) is 12.9. The van der Waals surface area contributed by atoms with Crippen molar-refractivity contribution >= 4 is 17.7 Å². The van der Waals surface area contributed by atoms with Crippen LogP contribution in [0.15, 0.2) is 64.9 Å². The highest BCUT2D eigenvalue weighted by Gasteiger charge is 2.35. The van der Waals surface area contributed by atoms with Gasteiger partial charge in [0, 0.05) is 10.6 Å². The number of aryl methyl sites for hydroxylation is 1. The number of rotatable bonds is 5. The molecule has 1 aliphatic rings. The third-order valence-electron chi connectivity index (χ3n) is 5.09. The van der Waals surface area contributed by atoms with Crippen LogP contribution in [0, 0.1) is 18.3 Å². The van der Waals surface area contributed by atoms with Gasteiger partial charge in [-0.15, -0.1) is 16.9 Å². The van der Waals surface area contributed by atoms with Gasteiger partial charge in [-0.05, 0) is 36.8 Å². The van der Waals surface area contributed by atoms with Gasteiger partial charge in [0.1, 0.15) is 11.6 Å². The minimum absolute atomic E-state index is 0.0290. The molecule has 0 aliphatic carbocycles. The summed E-state index contributed by atoms with van der Waals surface area (Å²) in [5.74, 6) is 0.129. The highest BCUT2D eigenvalue weighted by Crippen LogP contribution is 2.44. The van der Waals surface area contributed by atoms with Gasteiger partial charge in [0.2, 0.25) is 11.8 Å². The van der Waals surface area contributed by atoms with Gasteiger partial charge in [0.15, 0.2) is 0 Å². The van der Waals surface area contributed by atoms with Crippen molar-refractivity contribution in [3.8, 4) is 11.9 Å². The Labute approximate surface area is 183 Å². The molecule has 0 bridgehead atoms. The molecule has 0 spiro atoms. The van der Waals surface area contributed by atoms with E-state index in [0.29, 0.717) is 22.8 Å². The van der Waals surface area contributed by atoms with Gasteiger partial charge >= 0.3 is 5.97 Å². The van der Waals surface area contributed by atoms with E-state index in [1.54, 1.807) is 36.0 Å². The van der Waals surface area contributed by atoms with Crippen molar-refractivity contribution in [1.29, 1.82) is 5.26 Å². The predicted octanol–water partition coefficient (Wildman–Crippen LogP) is 4.02. The van der Waals surface area contributed by atoms with Gasteiger partial charge in [0.05, 0.1) is 29.8 Å². The number of aromatic amines is 1. The van der Waals surface area contributed by atoms with Crippen LogP contribution in [0.25, 0.3) is 0 Å². The average molecular weight is 433 g/mol. The average Bonchev–Trinajstić information content (AvgIpc) is 3.19. The third-order valence-corrected chi connectivity index (χ3v) is 6.13. The first kappa shape index (κ1) is 20.6. The standard InChI is InChI=1S/C23H20N4O3S/c1-13-3-9-16(10-4-13)31-12-18-20-19(14-5-7-15(8-6-14)23(28)29-2)17(11-24)21(25)30-22(20)27-26-18/h3-10,19H,12,25H2,1-2H3,(H,26,27)/t19-/m0/s1. The second-order valence-electron chi connectivity index (χ2n) is 7.06. The quantitative estimate of drug-likeness (QED) is 0.462. The lowest BCUT2D eigenvalue weighted by Gasteiger charge is -2.24. The number of hydrogen-bond acceptors (Lipinski definition) is 7. The fourth-order valence-corrected chi connectivity index (χ4v) is 4.33. The number of nitrogens with one attached hydrogen (secondary N) is 1. The molecule has 31 heavy (non-hydrogen) atoms. The summed E-state index contributed by atoms with van der Waals surface area (Å²) in [6.07, 6.45) is 0. The lowest BCUT2D eigenvalue weighted by atomic mass is 9.84. The number of aromatic nitrogens is 2. The summed E-state index contributed by atoms with van der Waals surface area (Å²) in [6, 6.07) is 17.4. The van der Waals surface area contributed by atoms with Gasteiger partial charge in [-0.2, -0.15) is 5.26 Å². The molecule has 4 rings (SSSR count). The number of methoxy groups -OCH3 is 1. The Morgan fingerprint density at radius 3 is 2.61 bits per heavy atom. The van der Waals surface area contributed by atoms with Crippen molar-refractivity contribution in [2.24, 2.45) is 5.73 Å². The van der Waals surface area contributed by atoms with Crippen molar-refractivity contribution < 1.29 is 14.3 Å². The van der Waals surface area contributed by atoms with Crippen LogP contribution in [0.3, 0.4) is 0 Å². The molecule has 2 heterocycles. The molecule has 0 fully saturated rings. The molecule has 0 saturated heterocycles. The number of allylic oxidation sites excluding steroid dienone is 1. The summed E-state index contributed by atoms with van der Waals surface area (Å²) in [6.45, 7) is 2.05. The molecule has 2 aromatic carbocycles. The van der Waals surface area contributed by atoms with E-state index in [1.165, 1.54) is 12.7 Å². The second kappa shape index (κ2) is 8.58. The van der Waals surface area contributed by atoms with E-state index < -0.39 is 11.9 Å². The molecule has 7 nitrogen and oxygen atoms in total. The number of H-pyrrole nitrogens is 1. The van der Waals surface area contributed by atoms with E-state index in [4.69, 9.17) is 15.2 Å². The van der Waals surface area contributed by atoms with Crippen LogP contribution >= 0.6 is 11.8 Å². The predicted molar refractivity (Wildman–Crippen MR) is 116 cm³/mol. The molecular weight excluding hydrogens is 412 g/mol. The van der Waals surface area contributed by atoms with Crippen molar-refractivity contribution in [1.82, 2.24) is 10.2 Å². The number of carbonyl (C=O) groups excluding carboxylic acids is 1. The van der Waals surface area contributed by atoms with Gasteiger partial charge in [-0.1, -0.05) is 29.8 Å². The maximum absolute atomic E-state index is 11.8. The van der Waals surface area contributed by atoms with E-state index in [2.05, 4.69) is 40.5 Å². The fourth-order valence-electron chi connectivity index (χ4n) is 3.47. The number of carbonyl (C=O) groups is 1. The molecule has 0 amide bonds. The Hall–Kier alpha value is -3.70. The first-order chi connectivity index (χ1) is 15.0. The Kier molecular flexibility index (Phi) is 5.69. The van der Waals surface area contributed by atoms with Crippen LogP contribution in [0.5, 0.6) is 5.88 Å². The van der Waals surface area contributed by atoms with Crippen molar-refractivity contribution in [2.45, 2.75) is 23.5 Å². The maximum atomic E-state index is 11.8. The molecule has 0 unspecified atom stereocenters. The number of nitrogens with zero attached hydrogens (tertiary/aromatic N) is 2. The number of hydrogen-bond donors (Lipinski definition) is 2. The second-order valence-corrected chi connectivity index (χ2v) is 8.11. The van der Waals surface area contributed by atoms with Gasteiger partial charge < -0.3 is 15.2 Å². The lowest BCUT2D eigenvalue weighted by Crippen LogP contribution is -2.21. The highest BCUT2D eigenvalue weighted by atomic mass is 32.2. The molecule has 1 aromatic heterocycles. The Morgan fingerprint density at radius 2 is 1.97 bits per heavy atom. The van der Waals surface area contributed by atoms with Crippen molar-refractivity contribution in [2.75, 3.05) is 7.11 Å². The van der Waals surface area contributed by atoms with Crippen LogP contribution in [-0.4, -0.2) is 23.3 Å². The third kappa shape index (κ3) is 4.00. The molecular formula is C23H20N4O3S. The molecule has 156 valence electrons. The van der Waals surface area contributed by atoms with Crippen LogP contribution < -0.4 is 10.5 Å². The number of esters is 1. The number of thioether (sulfide) groups is 1. The van der Waals surface area contributed by atoms with E-state index in [-0.39, 0.29) is 5.88 Å². The number of fused-ring (bicyclic) bond motifs is 1. The smallest absolute Gasteiger partial charge is 0.337 e. The molecule has 1 atom stereocenters. The monoisotopic (exact) mass is 432 g/mol. The van der Waals surface area contributed by atoms with Crippen molar-refractivity contribution in [3.05, 3.63) is 87.9 Å². The van der Waals surface area contributed by atoms with Crippen LogP contribution in [0.4, 0.5) is 0 Å². The highest BCUT2D eigenvalue weighted by molar-refractivity contribution is 7.98. The summed E-state index contributed by atoms with van der Waals surface area (Å²) in [5, 5.41) is 17.1. The Bertz CT molecular complexity index is 1190. The van der Waals surface area contributed by atoms with Crippen LogP contribution in [0.2, 0.25) is 0 Å². The van der Waals surface area contributed by atoms with E-state index in [1.807, 2.05) is 6.92 Å². The molecule has 0 saturated carbocycles. The largest absolute Gasteiger partial charge is 0.465 e. The van der Waals surface area contributed by atoms with Crippen LogP contribution in [0.1, 0.15) is 38.7 Å². The van der Waals surface area contributed by atoms with Gasteiger partial charge in [-0.25, -0.2) is 4.79 Å². The zero-order chi connectivity index (χ0) is 22.0. The molecule has 3 aromatic rings. The van der Waals surface area contributed by atoms with E-state index >= 15 is 0 Å². The maximum Gasteiger partial charge on any atom is 0.337 e. The first-order valence-electron chi connectivity index (χ1n) is 9.54. The van der Waals surface area contributed by atoms with Crippen LogP contribution in [-0.2, 0) is 10.5 Å². The normalized spacial score (nSPS) is 15.1. The molecule has 1 aliphatic heterocycles. The van der Waals surface area contributed by atoms with Crippen molar-refractivity contribution in [3.63, 3.8) is 0 Å². The SMILES string of the molecule is COC(=O)c1ccc([C@H]2C(C#N)=C(N)Oc3n[nH]c(CSc4ccc(C)cc4)c32)cc1. The summed E-state index contributed by atoms with van der Waals surface area (Å²) in [5.41, 5.74) is 10.4. The first-order valence-corrected chi connectivity index (χ1v) is 10.5. The number of benzene rings is 2. The lowest BCUT2D eigenvalue weighted by molar-refractivity contribution is 0.0600. The summed E-state index contributed by atoms with van der Waals surface area (Å²) < 4.78 is 10.4. The van der Waals surface area contributed by atoms with Gasteiger partial charge in [-0.3, -0.25) is 5.10 Å². The summed E-state index contributed by atoms with van der Waals surface area (Å²) in [7, 11) is 1.34. The molecule has 0 radical (unpaired) electrons. The zero-order valence-corrected chi connectivity index (χ0v) is 17.8. The Balaban J connectivity index is 1.70. The molecule has 3 N–H and O–H groups in total. The molecule has 8 heteroatoms. The minimum atomic E-state index is -0.451. The zero-order valence-electron chi connectivity index (χ0n) is 17.0.